The number of hydrogen-bond donors (Lipinski definition) is 1. The van der Waals surface area contributed by atoms with E-state index in [9.17, 15) is 14.7 Å². The van der Waals surface area contributed by atoms with Gasteiger partial charge >= 0.3 is 5.97 Å². The molecule has 2 atom stereocenters. The first-order valence-corrected chi connectivity index (χ1v) is 7.29. The van der Waals surface area contributed by atoms with Crippen molar-refractivity contribution in [3.05, 3.63) is 30.1 Å². The van der Waals surface area contributed by atoms with Crippen molar-refractivity contribution in [3.63, 3.8) is 0 Å². The number of nitrogens with zero attached hydrogens (tertiary/aromatic N) is 1. The van der Waals surface area contributed by atoms with Crippen LogP contribution in [0.25, 0.3) is 0 Å². The SMILES string of the molecule is CCCCCC(CC)C(C(=O)O)C(=O)c1ccccn1. The third kappa shape index (κ3) is 4.44. The molecule has 0 aromatic carbocycles. The predicted molar refractivity (Wildman–Crippen MR) is 77.6 cm³/mol. The van der Waals surface area contributed by atoms with Crippen LogP contribution in [0.3, 0.4) is 0 Å². The number of carbonyl (C=O) groups is 2. The molecule has 4 heteroatoms. The lowest BCUT2D eigenvalue weighted by atomic mass is 9.82. The molecule has 1 heterocycles. The lowest BCUT2D eigenvalue weighted by Crippen LogP contribution is -2.32. The number of hydrogen-bond acceptors (Lipinski definition) is 3. The molecule has 0 fully saturated rings. The number of unbranched alkanes of at least 4 members (excludes halogenated alkanes) is 2. The standard InChI is InChI=1S/C16H23NO3/c1-3-5-6-9-12(4-2)14(16(19)20)15(18)13-10-7-8-11-17-13/h7-8,10-12,14H,3-6,9H2,1-2H3,(H,19,20). The van der Waals surface area contributed by atoms with E-state index in [1.807, 2.05) is 6.92 Å². The van der Waals surface area contributed by atoms with Crippen molar-refractivity contribution in [2.24, 2.45) is 11.8 Å². The number of ketones is 1. The van der Waals surface area contributed by atoms with Gasteiger partial charge in [-0.1, -0.05) is 45.6 Å². The van der Waals surface area contributed by atoms with E-state index < -0.39 is 11.9 Å². The summed E-state index contributed by atoms with van der Waals surface area (Å²) in [5.41, 5.74) is 0.244. The summed E-state index contributed by atoms with van der Waals surface area (Å²) in [5.74, 6) is -2.51. The van der Waals surface area contributed by atoms with Crippen molar-refractivity contribution in [2.45, 2.75) is 46.0 Å². The normalized spacial score (nSPS) is 13.7. The second-order valence-electron chi connectivity index (χ2n) is 5.06. The molecule has 0 aliphatic carbocycles. The third-order valence-electron chi connectivity index (χ3n) is 3.64. The molecule has 1 aromatic rings. The Labute approximate surface area is 120 Å². The molecule has 1 aromatic heterocycles. The highest BCUT2D eigenvalue weighted by Gasteiger charge is 2.34. The monoisotopic (exact) mass is 277 g/mol. The van der Waals surface area contributed by atoms with E-state index >= 15 is 0 Å². The third-order valence-corrected chi connectivity index (χ3v) is 3.64. The smallest absolute Gasteiger partial charge is 0.314 e. The summed E-state index contributed by atoms with van der Waals surface area (Å²) in [4.78, 5) is 27.9. The molecule has 0 aliphatic rings. The van der Waals surface area contributed by atoms with E-state index in [2.05, 4.69) is 11.9 Å². The average Bonchev–Trinajstić information content (AvgIpc) is 2.46. The molecule has 1 rings (SSSR count). The number of pyridine rings is 1. The number of Topliss-reactive ketones (excluding diaryl/α,β-unsaturated/α-hetero) is 1. The first-order chi connectivity index (χ1) is 9.61. The fourth-order valence-corrected chi connectivity index (χ4v) is 2.46. The molecule has 0 spiro atoms. The van der Waals surface area contributed by atoms with Gasteiger partial charge in [0.1, 0.15) is 11.6 Å². The summed E-state index contributed by atoms with van der Waals surface area (Å²) >= 11 is 0. The molecule has 0 saturated heterocycles. The summed E-state index contributed by atoms with van der Waals surface area (Å²) in [6.45, 7) is 4.05. The van der Waals surface area contributed by atoms with Gasteiger partial charge in [0.25, 0.3) is 0 Å². The van der Waals surface area contributed by atoms with Crippen LogP contribution >= 0.6 is 0 Å². The number of carboxylic acids is 1. The van der Waals surface area contributed by atoms with Gasteiger partial charge in [0.2, 0.25) is 0 Å². The lowest BCUT2D eigenvalue weighted by Gasteiger charge is -2.21. The van der Waals surface area contributed by atoms with Crippen LogP contribution in [-0.4, -0.2) is 21.8 Å². The van der Waals surface area contributed by atoms with Crippen LogP contribution in [0.5, 0.6) is 0 Å². The van der Waals surface area contributed by atoms with E-state index in [4.69, 9.17) is 0 Å². The van der Waals surface area contributed by atoms with Crippen LogP contribution in [0.4, 0.5) is 0 Å². The Bertz CT molecular complexity index is 431. The van der Waals surface area contributed by atoms with E-state index in [0.717, 1.165) is 25.7 Å². The summed E-state index contributed by atoms with van der Waals surface area (Å²) in [7, 11) is 0. The van der Waals surface area contributed by atoms with Crippen molar-refractivity contribution < 1.29 is 14.7 Å². The highest BCUT2D eigenvalue weighted by molar-refractivity contribution is 6.07. The molecule has 2 unspecified atom stereocenters. The molecular formula is C16H23NO3. The van der Waals surface area contributed by atoms with Crippen molar-refractivity contribution in [1.29, 1.82) is 0 Å². The zero-order valence-electron chi connectivity index (χ0n) is 12.2. The Balaban J connectivity index is 2.86. The summed E-state index contributed by atoms with van der Waals surface area (Å²) < 4.78 is 0. The fourth-order valence-electron chi connectivity index (χ4n) is 2.46. The van der Waals surface area contributed by atoms with Gasteiger partial charge in [0, 0.05) is 6.20 Å². The molecule has 0 radical (unpaired) electrons. The average molecular weight is 277 g/mol. The first-order valence-electron chi connectivity index (χ1n) is 7.29. The van der Waals surface area contributed by atoms with Gasteiger partial charge in [-0.25, -0.2) is 0 Å². The quantitative estimate of drug-likeness (QED) is 0.425. The van der Waals surface area contributed by atoms with Crippen LogP contribution in [0, 0.1) is 11.8 Å². The fraction of sp³-hybridized carbons (Fsp3) is 0.562. The topological polar surface area (TPSA) is 67.3 Å². The summed E-state index contributed by atoms with van der Waals surface area (Å²) in [5, 5.41) is 9.41. The van der Waals surface area contributed by atoms with Gasteiger partial charge in [-0.3, -0.25) is 14.6 Å². The van der Waals surface area contributed by atoms with Gasteiger partial charge < -0.3 is 5.11 Å². The van der Waals surface area contributed by atoms with Gasteiger partial charge in [0.05, 0.1) is 0 Å². The number of carbonyl (C=O) groups excluding carboxylic acids is 1. The molecular weight excluding hydrogens is 254 g/mol. The van der Waals surface area contributed by atoms with E-state index in [-0.39, 0.29) is 17.4 Å². The van der Waals surface area contributed by atoms with Crippen LogP contribution in [-0.2, 0) is 4.79 Å². The van der Waals surface area contributed by atoms with E-state index in [1.165, 1.54) is 6.20 Å². The second-order valence-corrected chi connectivity index (χ2v) is 5.06. The Hall–Kier alpha value is -1.71. The minimum Gasteiger partial charge on any atom is -0.481 e. The number of rotatable bonds is 9. The highest BCUT2D eigenvalue weighted by atomic mass is 16.4. The maximum Gasteiger partial charge on any atom is 0.314 e. The van der Waals surface area contributed by atoms with E-state index in [1.54, 1.807) is 18.2 Å². The van der Waals surface area contributed by atoms with Crippen LogP contribution in [0.1, 0.15) is 56.4 Å². The van der Waals surface area contributed by atoms with E-state index in [0.29, 0.717) is 6.42 Å². The van der Waals surface area contributed by atoms with Crippen molar-refractivity contribution >= 4 is 11.8 Å². The number of aliphatic carboxylic acids is 1. The largest absolute Gasteiger partial charge is 0.481 e. The maximum absolute atomic E-state index is 12.4. The van der Waals surface area contributed by atoms with Gasteiger partial charge in [-0.15, -0.1) is 0 Å². The summed E-state index contributed by atoms with van der Waals surface area (Å²) in [6.07, 6.45) is 6.11. The van der Waals surface area contributed by atoms with Crippen LogP contribution < -0.4 is 0 Å². The molecule has 0 aliphatic heterocycles. The summed E-state index contributed by atoms with van der Waals surface area (Å²) in [6, 6.07) is 5.00. The van der Waals surface area contributed by atoms with Crippen molar-refractivity contribution in [3.8, 4) is 0 Å². The maximum atomic E-state index is 12.4. The van der Waals surface area contributed by atoms with Gasteiger partial charge in [0.15, 0.2) is 5.78 Å². The zero-order chi connectivity index (χ0) is 15.0. The van der Waals surface area contributed by atoms with Gasteiger partial charge in [-0.05, 0) is 24.5 Å². The minimum absolute atomic E-state index is 0.117. The first kappa shape index (κ1) is 16.3. The molecule has 0 amide bonds. The molecule has 1 N–H and O–H groups in total. The molecule has 4 nitrogen and oxygen atoms in total. The predicted octanol–water partition coefficient (Wildman–Crippen LogP) is 3.57. The molecule has 0 bridgehead atoms. The number of aromatic nitrogens is 1. The van der Waals surface area contributed by atoms with Crippen molar-refractivity contribution in [2.75, 3.05) is 0 Å². The highest BCUT2D eigenvalue weighted by Crippen LogP contribution is 2.26. The Morgan fingerprint density at radius 3 is 2.50 bits per heavy atom. The van der Waals surface area contributed by atoms with Crippen LogP contribution in [0.2, 0.25) is 0 Å². The molecule has 0 saturated carbocycles. The van der Waals surface area contributed by atoms with Gasteiger partial charge in [-0.2, -0.15) is 0 Å². The molecule has 110 valence electrons. The van der Waals surface area contributed by atoms with Crippen molar-refractivity contribution in [1.82, 2.24) is 4.98 Å². The Morgan fingerprint density at radius 2 is 2.00 bits per heavy atom. The second kappa shape index (κ2) is 8.46. The Kier molecular flexibility index (Phi) is 6.91. The zero-order valence-corrected chi connectivity index (χ0v) is 12.2. The number of carboxylic acid groups (broad SMARTS) is 1. The van der Waals surface area contributed by atoms with Crippen LogP contribution in [0.15, 0.2) is 24.4 Å². The minimum atomic E-state index is -1.04. The Morgan fingerprint density at radius 1 is 1.25 bits per heavy atom. The lowest BCUT2D eigenvalue weighted by molar-refractivity contribution is -0.141. The molecule has 20 heavy (non-hydrogen) atoms.